The van der Waals surface area contributed by atoms with Crippen LogP contribution in [0.1, 0.15) is 95.6 Å². The number of carbonyl (C=O) groups is 2. The smallest absolute Gasteiger partial charge is 0.412 e. The van der Waals surface area contributed by atoms with Gasteiger partial charge in [0.05, 0.1) is 18.2 Å². The number of aliphatic hydroxyl groups is 2. The van der Waals surface area contributed by atoms with Crippen LogP contribution in [0.15, 0.2) is 78.0 Å². The van der Waals surface area contributed by atoms with Crippen LogP contribution in [0.2, 0.25) is 0 Å². The topological polar surface area (TPSA) is 139 Å². The normalized spacial score (nSPS) is 26.2. The van der Waals surface area contributed by atoms with Crippen LogP contribution in [0.25, 0.3) is 0 Å². The molecule has 6 unspecified atom stereocenters. The Morgan fingerprint density at radius 3 is 2.45 bits per heavy atom. The van der Waals surface area contributed by atoms with Crippen molar-refractivity contribution in [2.75, 3.05) is 26.9 Å². The molecule has 0 aromatic heterocycles. The molecule has 11 nitrogen and oxygen atoms in total. The summed E-state index contributed by atoms with van der Waals surface area (Å²) in [6, 6.07) is 14.6. The molecule has 11 heteroatoms. The van der Waals surface area contributed by atoms with Crippen molar-refractivity contribution in [2.45, 2.75) is 108 Å². The Morgan fingerprint density at radius 2 is 1.78 bits per heavy atom. The van der Waals surface area contributed by atoms with Gasteiger partial charge in [0.15, 0.2) is 0 Å². The van der Waals surface area contributed by atoms with Crippen molar-refractivity contribution in [1.29, 1.82) is 0 Å². The Hall–Kier alpha value is -4.19. The summed E-state index contributed by atoms with van der Waals surface area (Å²) in [5.41, 5.74) is 3.00. The second-order valence-electron chi connectivity index (χ2n) is 16.4. The van der Waals surface area contributed by atoms with Crippen LogP contribution in [0.5, 0.6) is 11.5 Å². The zero-order valence-electron chi connectivity index (χ0n) is 32.9. The molecule has 0 saturated heterocycles. The SMILES string of the molecule is C=CCOC12Oc3ccc(OC(=O)NCc4ccccc4)cc3C3C(CCCCO)C(CCCCO)C=C(C(=NOC(C)(C)C)CC1N(C)C(=O)C1CC1)C32. The Bertz CT molecular complexity index is 1720. The van der Waals surface area contributed by atoms with Gasteiger partial charge < -0.3 is 39.5 Å². The van der Waals surface area contributed by atoms with E-state index in [4.69, 9.17) is 24.2 Å². The first-order valence-corrected chi connectivity index (χ1v) is 20.0. The number of nitrogens with one attached hydrogen (secondary N) is 1. The molecule has 0 bridgehead atoms. The molecule has 1 aliphatic heterocycles. The highest BCUT2D eigenvalue weighted by Gasteiger charge is 2.65. The van der Waals surface area contributed by atoms with E-state index < -0.39 is 29.4 Å². The average molecular weight is 758 g/mol. The third-order valence-corrected chi connectivity index (χ3v) is 11.3. The van der Waals surface area contributed by atoms with Crippen molar-refractivity contribution in [2.24, 2.45) is 28.8 Å². The predicted molar refractivity (Wildman–Crippen MR) is 211 cm³/mol. The predicted octanol–water partition coefficient (Wildman–Crippen LogP) is 7.28. The number of ether oxygens (including phenoxy) is 3. The molecule has 2 amide bonds. The van der Waals surface area contributed by atoms with Crippen LogP contribution in [0, 0.1) is 23.7 Å². The molecule has 298 valence electrons. The summed E-state index contributed by atoms with van der Waals surface area (Å²) in [4.78, 5) is 35.0. The van der Waals surface area contributed by atoms with Crippen LogP contribution >= 0.6 is 0 Å². The van der Waals surface area contributed by atoms with E-state index in [1.165, 1.54) is 0 Å². The summed E-state index contributed by atoms with van der Waals surface area (Å²) in [5.74, 6) is -0.783. The van der Waals surface area contributed by atoms with E-state index in [0.29, 0.717) is 37.3 Å². The lowest BCUT2D eigenvalue weighted by molar-refractivity contribution is -0.256. The number of nitrogens with zero attached hydrogens (tertiary/aromatic N) is 2. The molecule has 0 radical (unpaired) electrons. The number of hydrogen-bond acceptors (Lipinski definition) is 9. The van der Waals surface area contributed by atoms with Crippen LogP contribution in [-0.2, 0) is 20.9 Å². The number of rotatable bonds is 17. The van der Waals surface area contributed by atoms with Gasteiger partial charge in [-0.25, -0.2) is 4.79 Å². The van der Waals surface area contributed by atoms with Gasteiger partial charge in [0.1, 0.15) is 23.1 Å². The molecule has 55 heavy (non-hydrogen) atoms. The first-order valence-electron chi connectivity index (χ1n) is 20.0. The zero-order chi connectivity index (χ0) is 39.2. The summed E-state index contributed by atoms with van der Waals surface area (Å²) in [7, 11) is 1.85. The molecule has 2 saturated carbocycles. The van der Waals surface area contributed by atoms with E-state index in [0.717, 1.165) is 60.9 Å². The first-order chi connectivity index (χ1) is 26.5. The van der Waals surface area contributed by atoms with E-state index in [-0.39, 0.29) is 49.4 Å². The van der Waals surface area contributed by atoms with Crippen molar-refractivity contribution in [3.8, 4) is 11.5 Å². The summed E-state index contributed by atoms with van der Waals surface area (Å²) < 4.78 is 20.0. The van der Waals surface area contributed by atoms with Crippen molar-refractivity contribution >= 4 is 17.7 Å². The molecule has 2 aromatic carbocycles. The van der Waals surface area contributed by atoms with Gasteiger partial charge in [0.2, 0.25) is 11.7 Å². The number of benzene rings is 2. The molecule has 3 aliphatic carbocycles. The monoisotopic (exact) mass is 757 g/mol. The fourth-order valence-corrected chi connectivity index (χ4v) is 8.67. The number of fused-ring (bicyclic) bond motifs is 2. The summed E-state index contributed by atoms with van der Waals surface area (Å²) in [6.07, 6.45) is 10.2. The minimum absolute atomic E-state index is 0.0301. The van der Waals surface area contributed by atoms with Gasteiger partial charge in [-0.15, -0.1) is 6.58 Å². The molecule has 3 N–H and O–H groups in total. The molecular weight excluding hydrogens is 698 g/mol. The van der Waals surface area contributed by atoms with E-state index in [9.17, 15) is 19.8 Å². The van der Waals surface area contributed by atoms with Crippen LogP contribution in [0.3, 0.4) is 0 Å². The number of amides is 2. The Morgan fingerprint density at radius 1 is 1.05 bits per heavy atom. The minimum atomic E-state index is -1.31. The van der Waals surface area contributed by atoms with E-state index in [1.807, 2.05) is 75.2 Å². The molecule has 6 rings (SSSR count). The number of carbonyl (C=O) groups excluding carboxylic acids is 2. The van der Waals surface area contributed by atoms with Crippen molar-refractivity contribution in [3.05, 3.63) is 84.0 Å². The van der Waals surface area contributed by atoms with Crippen LogP contribution in [-0.4, -0.2) is 77.1 Å². The lowest BCUT2D eigenvalue weighted by Crippen LogP contribution is -2.69. The van der Waals surface area contributed by atoms with Gasteiger partial charge in [-0.05, 0) is 100 Å². The Balaban J connectivity index is 1.50. The maximum Gasteiger partial charge on any atom is 0.412 e. The maximum absolute atomic E-state index is 14.0. The van der Waals surface area contributed by atoms with Crippen molar-refractivity contribution < 1.29 is 38.9 Å². The molecule has 0 spiro atoms. The fraction of sp³-hybridized carbons (Fsp3) is 0.568. The highest BCUT2D eigenvalue weighted by molar-refractivity contribution is 6.03. The molecule has 4 aliphatic rings. The average Bonchev–Trinajstić information content (AvgIpc) is 4.02. The van der Waals surface area contributed by atoms with E-state index >= 15 is 0 Å². The van der Waals surface area contributed by atoms with Gasteiger partial charge >= 0.3 is 6.09 Å². The van der Waals surface area contributed by atoms with Gasteiger partial charge in [-0.1, -0.05) is 60.5 Å². The number of oxime groups is 1. The third-order valence-electron chi connectivity index (χ3n) is 11.3. The Labute approximate surface area is 325 Å². The minimum Gasteiger partial charge on any atom is -0.459 e. The lowest BCUT2D eigenvalue weighted by Gasteiger charge is -2.59. The van der Waals surface area contributed by atoms with Gasteiger partial charge in [-0.2, -0.15) is 0 Å². The molecule has 1 heterocycles. The number of aliphatic hydroxyl groups excluding tert-OH is 2. The second-order valence-corrected chi connectivity index (χ2v) is 16.4. The van der Waals surface area contributed by atoms with Crippen LogP contribution in [0.4, 0.5) is 4.79 Å². The number of likely N-dealkylation sites (N-methyl/N-ethyl adjacent to an activating group) is 1. The largest absolute Gasteiger partial charge is 0.459 e. The number of hydrogen-bond donors (Lipinski definition) is 3. The van der Waals surface area contributed by atoms with Crippen molar-refractivity contribution in [3.63, 3.8) is 0 Å². The summed E-state index contributed by atoms with van der Waals surface area (Å²) >= 11 is 0. The Kier molecular flexibility index (Phi) is 13.0. The summed E-state index contributed by atoms with van der Waals surface area (Å²) in [5, 5.41) is 27.4. The second kappa shape index (κ2) is 17.7. The summed E-state index contributed by atoms with van der Waals surface area (Å²) in [6.45, 7) is 10.6. The zero-order valence-corrected chi connectivity index (χ0v) is 32.9. The highest BCUT2D eigenvalue weighted by Crippen LogP contribution is 2.62. The fourth-order valence-electron chi connectivity index (χ4n) is 8.67. The molecule has 2 aromatic rings. The molecular formula is C44H59N3O8. The van der Waals surface area contributed by atoms with Crippen molar-refractivity contribution in [1.82, 2.24) is 10.2 Å². The van der Waals surface area contributed by atoms with Crippen LogP contribution < -0.4 is 14.8 Å². The molecule has 2 fully saturated rings. The van der Waals surface area contributed by atoms with Gasteiger partial charge in [-0.3, -0.25) is 4.79 Å². The highest BCUT2D eigenvalue weighted by atomic mass is 16.7. The quantitative estimate of drug-likeness (QED) is 0.0870. The third kappa shape index (κ3) is 9.27. The van der Waals surface area contributed by atoms with Gasteiger partial charge in [0.25, 0.3) is 0 Å². The van der Waals surface area contributed by atoms with Gasteiger partial charge in [0, 0.05) is 50.6 Å². The number of unbranched alkanes of at least 4 members (excludes halogenated alkanes) is 2. The number of allylic oxidation sites excluding steroid dienone is 1. The lowest BCUT2D eigenvalue weighted by atomic mass is 9.55. The van der Waals surface area contributed by atoms with E-state index in [1.54, 1.807) is 12.1 Å². The standard InChI is InChI=1S/C44H59N3O8/c1-6-24-52-44-38(47(5)41(50)30-18-19-30)27-36(46-55-43(2,3)4)34-25-31(16-10-12-22-48)33(17-11-13-23-49)39(40(34)44)35-26-32(20-21-37(35)54-44)53-42(51)45-28-29-14-8-7-9-15-29/h6-9,14-15,20-21,25-26,30-31,33,38-40,48-49H,1,10-13,16-19,22-24,27-28H2,2-5H3,(H,45,51). The maximum atomic E-state index is 14.0. The van der Waals surface area contributed by atoms with E-state index in [2.05, 4.69) is 18.0 Å². The first kappa shape index (κ1) is 40.5. The molecule has 6 atom stereocenters.